The fraction of sp³-hybridized carbons (Fsp3) is 0.100. The van der Waals surface area contributed by atoms with Crippen LogP contribution in [0.15, 0.2) is 59.8 Å². The monoisotopic (exact) mass is 355 g/mol. The van der Waals surface area contributed by atoms with Crippen molar-refractivity contribution in [3.05, 3.63) is 60.3 Å². The van der Waals surface area contributed by atoms with Crippen LogP contribution in [0, 0.1) is 0 Å². The number of rotatable bonds is 4. The maximum absolute atomic E-state index is 4.62. The Morgan fingerprint density at radius 2 is 1.89 bits per heavy atom. The number of H-pyrrole nitrogens is 1. The van der Waals surface area contributed by atoms with E-state index in [0.29, 0.717) is 5.95 Å². The smallest absolute Gasteiger partial charge is 0.265 e. The van der Waals surface area contributed by atoms with Gasteiger partial charge in [0, 0.05) is 34.6 Å². The number of aryl methyl sites for hydroxylation is 1. The molecule has 0 atom stereocenters. The molecule has 3 aromatic heterocycles. The summed E-state index contributed by atoms with van der Waals surface area (Å²) in [5.74, 6) is 0.371. The van der Waals surface area contributed by atoms with Gasteiger partial charge < -0.3 is 9.55 Å². The summed E-state index contributed by atoms with van der Waals surface area (Å²) in [7, 11) is 0. The number of para-hydroxylation sites is 2. The van der Waals surface area contributed by atoms with E-state index in [4.69, 9.17) is 0 Å². The number of aromatic amines is 1. The van der Waals surface area contributed by atoms with Gasteiger partial charge in [0.2, 0.25) is 0 Å². The van der Waals surface area contributed by atoms with Gasteiger partial charge >= 0.3 is 0 Å². The second-order valence-electron chi connectivity index (χ2n) is 6.23. The Kier molecular flexibility index (Phi) is 3.57. The second-order valence-corrected chi connectivity index (χ2v) is 6.23. The number of anilines is 1. The minimum Gasteiger partial charge on any atom is -0.361 e. The number of hydrogen-bond acceptors (Lipinski definition) is 5. The van der Waals surface area contributed by atoms with E-state index in [1.807, 2.05) is 42.6 Å². The van der Waals surface area contributed by atoms with E-state index in [-0.39, 0.29) is 0 Å². The summed E-state index contributed by atoms with van der Waals surface area (Å²) >= 11 is 0. The highest BCUT2D eigenvalue weighted by Gasteiger charge is 2.13. The largest absolute Gasteiger partial charge is 0.361 e. The van der Waals surface area contributed by atoms with Crippen molar-refractivity contribution in [2.75, 3.05) is 5.43 Å². The molecule has 0 fully saturated rings. The molecule has 0 radical (unpaired) electrons. The third-order valence-electron chi connectivity index (χ3n) is 4.68. The lowest BCUT2D eigenvalue weighted by molar-refractivity contribution is 0.811. The van der Waals surface area contributed by atoms with Gasteiger partial charge in [0.1, 0.15) is 5.52 Å². The zero-order valence-corrected chi connectivity index (χ0v) is 14.7. The highest BCUT2D eigenvalue weighted by atomic mass is 15.4. The lowest BCUT2D eigenvalue weighted by Gasteiger charge is -2.02. The van der Waals surface area contributed by atoms with Crippen molar-refractivity contribution >= 4 is 45.1 Å². The maximum atomic E-state index is 4.62. The molecule has 7 heteroatoms. The standard InChI is InChI=1S/C20H17N7/c1-2-27-17-10-6-4-8-15(17)18-19(27)23-20(26-24-18)25-22-12-13-11-21-16-9-5-3-7-14(13)16/h3-12,21H,2H2,1H3,(H,23,25,26). The van der Waals surface area contributed by atoms with Gasteiger partial charge in [-0.1, -0.05) is 36.4 Å². The summed E-state index contributed by atoms with van der Waals surface area (Å²) in [4.78, 5) is 7.85. The van der Waals surface area contributed by atoms with E-state index in [0.717, 1.165) is 45.1 Å². The van der Waals surface area contributed by atoms with Gasteiger partial charge in [-0.2, -0.15) is 10.1 Å². The number of benzene rings is 2. The maximum Gasteiger partial charge on any atom is 0.265 e. The van der Waals surface area contributed by atoms with Crippen LogP contribution in [0.4, 0.5) is 5.95 Å². The third-order valence-corrected chi connectivity index (χ3v) is 4.68. The molecule has 0 aliphatic rings. The number of nitrogens with zero attached hydrogens (tertiary/aromatic N) is 5. The summed E-state index contributed by atoms with van der Waals surface area (Å²) < 4.78 is 2.13. The Morgan fingerprint density at radius 1 is 1.07 bits per heavy atom. The molecule has 0 saturated carbocycles. The molecule has 27 heavy (non-hydrogen) atoms. The SMILES string of the molecule is CCn1c2ccccc2c2nnc(NN=Cc3c[nH]c4ccccc34)nc21. The molecule has 3 heterocycles. The average Bonchev–Trinajstić information content (AvgIpc) is 3.26. The van der Waals surface area contributed by atoms with E-state index >= 15 is 0 Å². The van der Waals surface area contributed by atoms with Gasteiger partial charge in [-0.15, -0.1) is 10.2 Å². The first-order valence-corrected chi connectivity index (χ1v) is 8.82. The minimum atomic E-state index is 0.371. The van der Waals surface area contributed by atoms with E-state index in [1.165, 1.54) is 0 Å². The molecule has 0 saturated heterocycles. The van der Waals surface area contributed by atoms with Crippen LogP contribution < -0.4 is 5.43 Å². The van der Waals surface area contributed by atoms with Gasteiger partial charge in [-0.25, -0.2) is 5.43 Å². The van der Waals surface area contributed by atoms with E-state index in [9.17, 15) is 0 Å². The molecule has 0 bridgehead atoms. The quantitative estimate of drug-likeness (QED) is 0.378. The van der Waals surface area contributed by atoms with Crippen molar-refractivity contribution in [1.29, 1.82) is 0 Å². The van der Waals surface area contributed by atoms with Crippen LogP contribution in [0.2, 0.25) is 0 Å². The van der Waals surface area contributed by atoms with Gasteiger partial charge in [0.25, 0.3) is 5.95 Å². The summed E-state index contributed by atoms with van der Waals surface area (Å²) in [6, 6.07) is 16.2. The van der Waals surface area contributed by atoms with Crippen LogP contribution in [-0.2, 0) is 6.54 Å². The highest BCUT2D eigenvalue weighted by Crippen LogP contribution is 2.26. The fourth-order valence-corrected chi connectivity index (χ4v) is 3.43. The summed E-state index contributed by atoms with van der Waals surface area (Å²) in [5.41, 5.74) is 7.68. The topological polar surface area (TPSA) is 83.8 Å². The molecule has 0 spiro atoms. The number of nitrogens with one attached hydrogen (secondary N) is 2. The highest BCUT2D eigenvalue weighted by molar-refractivity contribution is 6.04. The third kappa shape index (κ3) is 2.52. The predicted molar refractivity (Wildman–Crippen MR) is 108 cm³/mol. The number of hydrazone groups is 1. The molecule has 7 nitrogen and oxygen atoms in total. The summed E-state index contributed by atoms with van der Waals surface area (Å²) in [5, 5.41) is 15.0. The molecular formula is C20H17N7. The number of hydrogen-bond donors (Lipinski definition) is 2. The van der Waals surface area contributed by atoms with Crippen molar-refractivity contribution in [2.45, 2.75) is 13.5 Å². The number of fused-ring (bicyclic) bond motifs is 4. The molecule has 0 amide bonds. The summed E-state index contributed by atoms with van der Waals surface area (Å²) in [6.45, 7) is 2.90. The molecule has 2 aromatic carbocycles. The van der Waals surface area contributed by atoms with Gasteiger partial charge in [-0.3, -0.25) is 0 Å². The minimum absolute atomic E-state index is 0.371. The zero-order valence-electron chi connectivity index (χ0n) is 14.7. The second kappa shape index (κ2) is 6.21. The van der Waals surface area contributed by atoms with Gasteiger partial charge in [-0.05, 0) is 19.1 Å². The first-order valence-electron chi connectivity index (χ1n) is 8.82. The van der Waals surface area contributed by atoms with Crippen molar-refractivity contribution in [1.82, 2.24) is 24.7 Å². The van der Waals surface area contributed by atoms with E-state index < -0.39 is 0 Å². The van der Waals surface area contributed by atoms with E-state index in [1.54, 1.807) is 6.21 Å². The number of aromatic nitrogens is 5. The summed E-state index contributed by atoms with van der Waals surface area (Å²) in [6.07, 6.45) is 3.68. The Balaban J connectivity index is 1.49. The van der Waals surface area contributed by atoms with E-state index in [2.05, 4.69) is 54.3 Å². The van der Waals surface area contributed by atoms with Crippen molar-refractivity contribution in [3.8, 4) is 0 Å². The van der Waals surface area contributed by atoms with Crippen LogP contribution >= 0.6 is 0 Å². The van der Waals surface area contributed by atoms with Crippen LogP contribution in [0.5, 0.6) is 0 Å². The fourth-order valence-electron chi connectivity index (χ4n) is 3.43. The van der Waals surface area contributed by atoms with Crippen LogP contribution in [0.1, 0.15) is 12.5 Å². The van der Waals surface area contributed by atoms with Crippen molar-refractivity contribution in [2.24, 2.45) is 5.10 Å². The lowest BCUT2D eigenvalue weighted by atomic mass is 10.2. The van der Waals surface area contributed by atoms with Gasteiger partial charge in [0.15, 0.2) is 5.65 Å². The Morgan fingerprint density at radius 3 is 2.78 bits per heavy atom. The Bertz CT molecular complexity index is 1300. The van der Waals surface area contributed by atoms with Crippen LogP contribution in [0.25, 0.3) is 33.0 Å². The molecule has 0 aliphatic carbocycles. The molecule has 132 valence electrons. The Labute approximate surface area is 154 Å². The first kappa shape index (κ1) is 15.5. The molecule has 5 rings (SSSR count). The average molecular weight is 355 g/mol. The normalized spacial score (nSPS) is 11.9. The van der Waals surface area contributed by atoms with Crippen LogP contribution in [-0.4, -0.2) is 30.9 Å². The molecule has 0 aliphatic heterocycles. The van der Waals surface area contributed by atoms with Crippen molar-refractivity contribution in [3.63, 3.8) is 0 Å². The predicted octanol–water partition coefficient (Wildman–Crippen LogP) is 3.93. The molecule has 0 unspecified atom stereocenters. The molecule has 2 N–H and O–H groups in total. The Hall–Kier alpha value is -3.74. The van der Waals surface area contributed by atoms with Gasteiger partial charge in [0.05, 0.1) is 11.7 Å². The zero-order chi connectivity index (χ0) is 18.2. The first-order chi connectivity index (χ1) is 13.3. The molecular weight excluding hydrogens is 338 g/mol. The molecule has 5 aromatic rings. The van der Waals surface area contributed by atoms with Crippen LogP contribution in [0.3, 0.4) is 0 Å². The lowest BCUT2D eigenvalue weighted by Crippen LogP contribution is -2.02. The van der Waals surface area contributed by atoms with Crippen molar-refractivity contribution < 1.29 is 0 Å².